The second-order valence-electron chi connectivity index (χ2n) is 2.86. The lowest BCUT2D eigenvalue weighted by atomic mass is 10.2. The zero-order valence-corrected chi connectivity index (χ0v) is 8.41. The van der Waals surface area contributed by atoms with Crippen molar-refractivity contribution in [3.63, 3.8) is 0 Å². The summed E-state index contributed by atoms with van der Waals surface area (Å²) in [6, 6.07) is 0. The van der Waals surface area contributed by atoms with Gasteiger partial charge in [-0.05, 0) is 19.3 Å². The zero-order chi connectivity index (χ0) is 10.8. The Labute approximate surface area is 83.4 Å². The summed E-state index contributed by atoms with van der Waals surface area (Å²) in [5, 5.41) is 10.8. The molecule has 0 fully saturated rings. The van der Waals surface area contributed by atoms with Gasteiger partial charge < -0.3 is 15.2 Å². The van der Waals surface area contributed by atoms with Gasteiger partial charge in [-0.3, -0.25) is 4.79 Å². The second kappa shape index (κ2) is 8.50. The SMILES string of the molecule is CNC(=O)CCCCCOC(=O)CO. The molecule has 5 nitrogen and oxygen atoms in total. The van der Waals surface area contributed by atoms with E-state index < -0.39 is 12.6 Å². The number of nitrogens with one attached hydrogen (secondary N) is 1. The van der Waals surface area contributed by atoms with Gasteiger partial charge in [0.2, 0.25) is 5.91 Å². The predicted molar refractivity (Wildman–Crippen MR) is 50.6 cm³/mol. The maximum absolute atomic E-state index is 10.8. The molecule has 0 atom stereocenters. The molecule has 82 valence electrons. The van der Waals surface area contributed by atoms with E-state index in [1.807, 2.05) is 0 Å². The van der Waals surface area contributed by atoms with E-state index in [2.05, 4.69) is 10.1 Å². The number of aliphatic hydroxyl groups excluding tert-OH is 1. The third-order valence-electron chi connectivity index (χ3n) is 1.72. The molecule has 0 bridgehead atoms. The molecule has 0 radical (unpaired) electrons. The van der Waals surface area contributed by atoms with Crippen LogP contribution >= 0.6 is 0 Å². The van der Waals surface area contributed by atoms with Crippen LogP contribution in [0, 0.1) is 0 Å². The molecule has 0 heterocycles. The number of amides is 1. The number of hydrogen-bond acceptors (Lipinski definition) is 4. The first-order valence-corrected chi connectivity index (χ1v) is 4.67. The van der Waals surface area contributed by atoms with Gasteiger partial charge in [-0.25, -0.2) is 4.79 Å². The van der Waals surface area contributed by atoms with Gasteiger partial charge in [0, 0.05) is 13.5 Å². The Morgan fingerprint density at radius 2 is 2.00 bits per heavy atom. The summed E-state index contributed by atoms with van der Waals surface area (Å²) in [4.78, 5) is 21.2. The van der Waals surface area contributed by atoms with Crippen molar-refractivity contribution in [1.82, 2.24) is 5.32 Å². The van der Waals surface area contributed by atoms with Gasteiger partial charge in [-0.2, -0.15) is 0 Å². The Morgan fingerprint density at radius 1 is 1.29 bits per heavy atom. The van der Waals surface area contributed by atoms with Crippen molar-refractivity contribution in [3.05, 3.63) is 0 Å². The molecule has 0 aliphatic heterocycles. The predicted octanol–water partition coefficient (Wildman–Crippen LogP) is -0.172. The first-order chi connectivity index (χ1) is 6.70. The molecule has 0 aromatic carbocycles. The Balaban J connectivity index is 3.14. The molecule has 0 aliphatic carbocycles. The van der Waals surface area contributed by atoms with Crippen molar-refractivity contribution in [1.29, 1.82) is 0 Å². The van der Waals surface area contributed by atoms with Gasteiger partial charge in [0.25, 0.3) is 0 Å². The molecule has 2 N–H and O–H groups in total. The highest BCUT2D eigenvalue weighted by atomic mass is 16.5. The van der Waals surface area contributed by atoms with Gasteiger partial charge in [-0.1, -0.05) is 0 Å². The van der Waals surface area contributed by atoms with Crippen LogP contribution in [0.3, 0.4) is 0 Å². The number of unbranched alkanes of at least 4 members (excludes halogenated alkanes) is 2. The van der Waals surface area contributed by atoms with Crippen LogP contribution in [0.5, 0.6) is 0 Å². The zero-order valence-electron chi connectivity index (χ0n) is 8.41. The molecule has 5 heteroatoms. The summed E-state index contributed by atoms with van der Waals surface area (Å²) in [6.07, 6.45) is 2.86. The maximum Gasteiger partial charge on any atom is 0.331 e. The van der Waals surface area contributed by atoms with E-state index in [9.17, 15) is 9.59 Å². The minimum absolute atomic E-state index is 0.0253. The number of aliphatic hydroxyl groups is 1. The number of esters is 1. The summed E-state index contributed by atoms with van der Waals surface area (Å²) in [5.41, 5.74) is 0. The fourth-order valence-corrected chi connectivity index (χ4v) is 0.921. The van der Waals surface area contributed by atoms with Crippen molar-refractivity contribution in [2.45, 2.75) is 25.7 Å². The molecule has 14 heavy (non-hydrogen) atoms. The third-order valence-corrected chi connectivity index (χ3v) is 1.72. The quantitative estimate of drug-likeness (QED) is 0.445. The van der Waals surface area contributed by atoms with Gasteiger partial charge in [0.05, 0.1) is 6.61 Å². The largest absolute Gasteiger partial charge is 0.464 e. The molecule has 0 aliphatic rings. The Bertz CT molecular complexity index is 162. The molecule has 0 saturated heterocycles. The van der Waals surface area contributed by atoms with Crippen molar-refractivity contribution < 1.29 is 19.4 Å². The number of carbonyl (C=O) groups excluding carboxylic acids is 2. The van der Waals surface area contributed by atoms with E-state index in [4.69, 9.17) is 5.11 Å². The molecular formula is C9H17NO4. The van der Waals surface area contributed by atoms with E-state index in [1.165, 1.54) is 0 Å². The van der Waals surface area contributed by atoms with E-state index in [-0.39, 0.29) is 5.91 Å². The van der Waals surface area contributed by atoms with Crippen LogP contribution in [-0.4, -0.2) is 37.2 Å². The summed E-state index contributed by atoms with van der Waals surface area (Å²) < 4.78 is 4.64. The summed E-state index contributed by atoms with van der Waals surface area (Å²) in [5.74, 6) is -0.575. The van der Waals surface area contributed by atoms with Crippen LogP contribution in [0.25, 0.3) is 0 Å². The topological polar surface area (TPSA) is 75.6 Å². The number of ether oxygens (including phenoxy) is 1. The molecular weight excluding hydrogens is 186 g/mol. The average molecular weight is 203 g/mol. The lowest BCUT2D eigenvalue weighted by Gasteiger charge is -2.02. The van der Waals surface area contributed by atoms with Crippen LogP contribution in [0.4, 0.5) is 0 Å². The van der Waals surface area contributed by atoms with Crippen molar-refractivity contribution >= 4 is 11.9 Å². The summed E-state index contributed by atoms with van der Waals surface area (Å²) in [6.45, 7) is -0.259. The normalized spacial score (nSPS) is 9.57. The van der Waals surface area contributed by atoms with Crippen LogP contribution in [0.2, 0.25) is 0 Å². The summed E-state index contributed by atoms with van der Waals surface area (Å²) in [7, 11) is 1.60. The number of carbonyl (C=O) groups is 2. The molecule has 0 aromatic heterocycles. The molecule has 1 amide bonds. The molecule has 0 aromatic rings. The molecule has 0 unspecified atom stereocenters. The van der Waals surface area contributed by atoms with Crippen LogP contribution < -0.4 is 5.32 Å². The van der Waals surface area contributed by atoms with E-state index >= 15 is 0 Å². The van der Waals surface area contributed by atoms with Gasteiger partial charge in [-0.15, -0.1) is 0 Å². The van der Waals surface area contributed by atoms with E-state index in [0.29, 0.717) is 13.0 Å². The first-order valence-electron chi connectivity index (χ1n) is 4.67. The minimum Gasteiger partial charge on any atom is -0.464 e. The highest BCUT2D eigenvalue weighted by Crippen LogP contribution is 1.99. The van der Waals surface area contributed by atoms with Crippen molar-refractivity contribution in [2.75, 3.05) is 20.3 Å². The third kappa shape index (κ3) is 7.54. The highest BCUT2D eigenvalue weighted by molar-refractivity contribution is 5.75. The van der Waals surface area contributed by atoms with Crippen LogP contribution in [0.15, 0.2) is 0 Å². The van der Waals surface area contributed by atoms with Gasteiger partial charge in [0.15, 0.2) is 0 Å². The standard InChI is InChI=1S/C9H17NO4/c1-10-8(12)5-3-2-4-6-14-9(13)7-11/h11H,2-7H2,1H3,(H,10,12). The van der Waals surface area contributed by atoms with E-state index in [1.54, 1.807) is 7.05 Å². The Morgan fingerprint density at radius 3 is 2.57 bits per heavy atom. The fourth-order valence-electron chi connectivity index (χ4n) is 0.921. The van der Waals surface area contributed by atoms with Gasteiger partial charge in [0.1, 0.15) is 6.61 Å². The molecule has 0 saturated carbocycles. The molecule has 0 rings (SSSR count). The lowest BCUT2D eigenvalue weighted by Crippen LogP contribution is -2.17. The average Bonchev–Trinajstić information content (AvgIpc) is 2.22. The Hall–Kier alpha value is -1.10. The van der Waals surface area contributed by atoms with Crippen molar-refractivity contribution in [3.8, 4) is 0 Å². The summed E-state index contributed by atoms with van der Waals surface area (Å²) >= 11 is 0. The number of hydrogen-bond donors (Lipinski definition) is 2. The van der Waals surface area contributed by atoms with E-state index in [0.717, 1.165) is 19.3 Å². The highest BCUT2D eigenvalue weighted by Gasteiger charge is 2.00. The number of rotatable bonds is 7. The second-order valence-corrected chi connectivity index (χ2v) is 2.86. The van der Waals surface area contributed by atoms with Gasteiger partial charge >= 0.3 is 5.97 Å². The van der Waals surface area contributed by atoms with Crippen LogP contribution in [0.1, 0.15) is 25.7 Å². The Kier molecular flexibility index (Phi) is 7.83. The fraction of sp³-hybridized carbons (Fsp3) is 0.778. The minimum atomic E-state index is -0.601. The van der Waals surface area contributed by atoms with Crippen LogP contribution in [-0.2, 0) is 14.3 Å². The lowest BCUT2D eigenvalue weighted by molar-refractivity contribution is -0.147. The molecule has 0 spiro atoms. The first kappa shape index (κ1) is 12.9. The smallest absolute Gasteiger partial charge is 0.331 e. The van der Waals surface area contributed by atoms with Crippen molar-refractivity contribution in [2.24, 2.45) is 0 Å². The monoisotopic (exact) mass is 203 g/mol. The maximum atomic E-state index is 10.8.